The second kappa shape index (κ2) is 13.4. The molecule has 0 saturated carbocycles. The molecule has 2 aliphatic heterocycles. The third kappa shape index (κ3) is 8.58. The van der Waals surface area contributed by atoms with Crippen LogP contribution in [0.1, 0.15) is 42.4 Å². The zero-order valence-corrected chi connectivity index (χ0v) is 21.1. The second-order valence-electron chi connectivity index (χ2n) is 9.80. The summed E-state index contributed by atoms with van der Waals surface area (Å²) in [4.78, 5) is 35.4. The lowest BCUT2D eigenvalue weighted by Gasteiger charge is -2.38. The van der Waals surface area contributed by atoms with E-state index in [-0.39, 0.29) is 23.9 Å². The van der Waals surface area contributed by atoms with Gasteiger partial charge in [0.1, 0.15) is 0 Å². The van der Waals surface area contributed by atoms with Crippen molar-refractivity contribution in [3.8, 4) is 0 Å². The van der Waals surface area contributed by atoms with Crippen LogP contribution in [0.4, 0.5) is 13.2 Å². The van der Waals surface area contributed by atoms with Gasteiger partial charge in [0.15, 0.2) is 0 Å². The van der Waals surface area contributed by atoms with Gasteiger partial charge in [-0.3, -0.25) is 9.69 Å². The van der Waals surface area contributed by atoms with E-state index in [9.17, 15) is 18.0 Å². The van der Waals surface area contributed by atoms with Gasteiger partial charge < -0.3 is 15.1 Å². The molecule has 206 valence electrons. The number of benzene rings is 2. The van der Waals surface area contributed by atoms with Gasteiger partial charge in [0.2, 0.25) is 5.91 Å². The standard InChI is InChI=1S/C26H31F3N2O.C2H2O4/c27-26(28,29)24-11-5-4-9-22(24)18-30-14-6-10-23(19-30)25(32)31-15-12-21(13-16-31)17-20-7-2-1-3-8-20;3-1(4)2(5)6/h1-5,7-9,11,21,23H,6,10,12-19H2;(H,3,4)(H,5,6). The number of carboxylic acid groups (broad SMARTS) is 2. The molecule has 1 atom stereocenters. The van der Waals surface area contributed by atoms with Crippen molar-refractivity contribution in [2.45, 2.75) is 44.8 Å². The number of nitrogens with zero attached hydrogens (tertiary/aromatic N) is 2. The number of likely N-dealkylation sites (tertiary alicyclic amines) is 2. The van der Waals surface area contributed by atoms with Crippen LogP contribution in [0.2, 0.25) is 0 Å². The molecule has 0 aliphatic carbocycles. The zero-order chi connectivity index (χ0) is 27.7. The molecule has 2 fully saturated rings. The summed E-state index contributed by atoms with van der Waals surface area (Å²) in [6, 6.07) is 16.2. The number of carbonyl (C=O) groups excluding carboxylic acids is 1. The minimum atomic E-state index is -4.36. The van der Waals surface area contributed by atoms with Crippen LogP contribution < -0.4 is 0 Å². The van der Waals surface area contributed by atoms with Crippen molar-refractivity contribution in [2.75, 3.05) is 26.2 Å². The first-order valence-corrected chi connectivity index (χ1v) is 12.7. The van der Waals surface area contributed by atoms with Gasteiger partial charge in [-0.25, -0.2) is 9.59 Å². The number of hydrogen-bond donors (Lipinski definition) is 2. The van der Waals surface area contributed by atoms with Crippen molar-refractivity contribution in [1.29, 1.82) is 0 Å². The van der Waals surface area contributed by atoms with Gasteiger partial charge in [0.25, 0.3) is 0 Å². The van der Waals surface area contributed by atoms with Gasteiger partial charge in [-0.2, -0.15) is 13.2 Å². The Morgan fingerprint density at radius 1 is 0.842 bits per heavy atom. The summed E-state index contributed by atoms with van der Waals surface area (Å²) < 4.78 is 40.0. The smallest absolute Gasteiger partial charge is 0.416 e. The van der Waals surface area contributed by atoms with Crippen LogP contribution in [0.3, 0.4) is 0 Å². The van der Waals surface area contributed by atoms with Crippen molar-refractivity contribution >= 4 is 17.8 Å². The molecular formula is C28H33F3N2O5. The Labute approximate surface area is 219 Å². The summed E-state index contributed by atoms with van der Waals surface area (Å²) in [5, 5.41) is 14.8. The minimum absolute atomic E-state index is 0.118. The Morgan fingerprint density at radius 2 is 1.45 bits per heavy atom. The van der Waals surface area contributed by atoms with Gasteiger partial charge in [0.05, 0.1) is 11.5 Å². The van der Waals surface area contributed by atoms with Gasteiger partial charge in [-0.1, -0.05) is 48.5 Å². The number of carbonyl (C=O) groups is 3. The number of piperidine rings is 2. The van der Waals surface area contributed by atoms with Crippen molar-refractivity contribution in [3.05, 3.63) is 71.3 Å². The molecule has 2 aromatic carbocycles. The minimum Gasteiger partial charge on any atom is -0.473 e. The molecule has 2 heterocycles. The average molecular weight is 535 g/mol. The van der Waals surface area contributed by atoms with Crippen LogP contribution in [0.25, 0.3) is 0 Å². The molecule has 0 spiro atoms. The Hall–Kier alpha value is -3.40. The molecule has 2 aliphatic rings. The van der Waals surface area contributed by atoms with Crippen LogP contribution >= 0.6 is 0 Å². The largest absolute Gasteiger partial charge is 0.473 e. The molecule has 38 heavy (non-hydrogen) atoms. The maximum Gasteiger partial charge on any atom is 0.416 e. The van der Waals surface area contributed by atoms with Gasteiger partial charge in [-0.05, 0) is 61.8 Å². The van der Waals surface area contributed by atoms with E-state index in [0.717, 1.165) is 57.8 Å². The van der Waals surface area contributed by atoms with Crippen LogP contribution in [0.5, 0.6) is 0 Å². The molecule has 1 unspecified atom stereocenters. The van der Waals surface area contributed by atoms with Gasteiger partial charge >= 0.3 is 18.1 Å². The van der Waals surface area contributed by atoms with Gasteiger partial charge in [-0.15, -0.1) is 0 Å². The summed E-state index contributed by atoms with van der Waals surface area (Å²) >= 11 is 0. The van der Waals surface area contributed by atoms with Crippen LogP contribution in [-0.2, 0) is 33.5 Å². The second-order valence-corrected chi connectivity index (χ2v) is 9.80. The summed E-state index contributed by atoms with van der Waals surface area (Å²) in [6.45, 7) is 3.07. The molecule has 2 N–H and O–H groups in total. The lowest BCUT2D eigenvalue weighted by Crippen LogP contribution is -2.47. The molecule has 7 nitrogen and oxygen atoms in total. The Bertz CT molecular complexity index is 1070. The number of amides is 1. The number of carboxylic acids is 2. The molecule has 4 rings (SSSR count). The lowest BCUT2D eigenvalue weighted by atomic mass is 9.89. The fraction of sp³-hybridized carbons (Fsp3) is 0.464. The fourth-order valence-electron chi connectivity index (χ4n) is 5.14. The molecule has 0 aromatic heterocycles. The van der Waals surface area contributed by atoms with Crippen LogP contribution in [-0.4, -0.2) is 64.0 Å². The molecule has 0 radical (unpaired) electrons. The van der Waals surface area contributed by atoms with E-state index in [0.29, 0.717) is 12.5 Å². The molecule has 2 saturated heterocycles. The maximum absolute atomic E-state index is 13.3. The number of halogens is 3. The molecular weight excluding hydrogens is 501 g/mol. The van der Waals surface area contributed by atoms with E-state index in [2.05, 4.69) is 24.3 Å². The first-order valence-electron chi connectivity index (χ1n) is 12.7. The first-order chi connectivity index (χ1) is 18.0. The third-order valence-corrected chi connectivity index (χ3v) is 7.05. The van der Waals surface area contributed by atoms with Gasteiger partial charge in [0, 0.05) is 26.2 Å². The SMILES string of the molecule is O=C(C1CCCN(Cc2ccccc2C(F)(F)F)C1)N1CCC(Cc2ccccc2)CC1.O=C(O)C(=O)O. The van der Waals surface area contributed by atoms with Crippen LogP contribution in [0.15, 0.2) is 54.6 Å². The highest BCUT2D eigenvalue weighted by atomic mass is 19.4. The van der Waals surface area contributed by atoms with E-state index in [1.807, 2.05) is 15.9 Å². The van der Waals surface area contributed by atoms with E-state index < -0.39 is 23.7 Å². The van der Waals surface area contributed by atoms with E-state index in [1.165, 1.54) is 11.6 Å². The normalized spacial score (nSPS) is 18.8. The molecule has 0 bridgehead atoms. The quantitative estimate of drug-likeness (QED) is 0.546. The lowest BCUT2D eigenvalue weighted by molar-refractivity contribution is -0.159. The van der Waals surface area contributed by atoms with Crippen molar-refractivity contribution < 1.29 is 37.8 Å². The Kier molecular flexibility index (Phi) is 10.3. The fourth-order valence-corrected chi connectivity index (χ4v) is 5.14. The highest BCUT2D eigenvalue weighted by Crippen LogP contribution is 2.33. The summed E-state index contributed by atoms with van der Waals surface area (Å²) in [6.07, 6.45) is 0.381. The Balaban J connectivity index is 0.000000599. The topological polar surface area (TPSA) is 98.2 Å². The number of rotatable bonds is 5. The molecule has 2 aromatic rings. The van der Waals surface area contributed by atoms with E-state index in [1.54, 1.807) is 12.1 Å². The van der Waals surface area contributed by atoms with Crippen LogP contribution in [0, 0.1) is 11.8 Å². The van der Waals surface area contributed by atoms with Crippen molar-refractivity contribution in [1.82, 2.24) is 9.80 Å². The monoisotopic (exact) mass is 534 g/mol. The summed E-state index contributed by atoms with van der Waals surface area (Å²) in [5.41, 5.74) is 1.06. The van der Waals surface area contributed by atoms with E-state index in [4.69, 9.17) is 19.8 Å². The number of aliphatic carboxylic acids is 2. The Morgan fingerprint density at radius 3 is 2.05 bits per heavy atom. The molecule has 1 amide bonds. The van der Waals surface area contributed by atoms with E-state index >= 15 is 0 Å². The number of alkyl halides is 3. The predicted molar refractivity (Wildman–Crippen MR) is 134 cm³/mol. The molecule has 10 heteroatoms. The maximum atomic E-state index is 13.3. The summed E-state index contributed by atoms with van der Waals surface area (Å²) in [5.74, 6) is -2.99. The predicted octanol–water partition coefficient (Wildman–Crippen LogP) is 4.55. The highest BCUT2D eigenvalue weighted by molar-refractivity contribution is 6.27. The number of hydrogen-bond acceptors (Lipinski definition) is 4. The highest BCUT2D eigenvalue weighted by Gasteiger charge is 2.35. The first kappa shape index (κ1) is 29.2. The van der Waals surface area contributed by atoms with Crippen molar-refractivity contribution in [3.63, 3.8) is 0 Å². The third-order valence-electron chi connectivity index (χ3n) is 7.05. The van der Waals surface area contributed by atoms with Crippen molar-refractivity contribution in [2.24, 2.45) is 11.8 Å². The average Bonchev–Trinajstić information content (AvgIpc) is 2.89. The summed E-state index contributed by atoms with van der Waals surface area (Å²) in [7, 11) is 0. The zero-order valence-electron chi connectivity index (χ0n) is 21.1.